The summed E-state index contributed by atoms with van der Waals surface area (Å²) < 4.78 is 7.81. The van der Waals surface area contributed by atoms with Crippen LogP contribution in [0.3, 0.4) is 0 Å². The van der Waals surface area contributed by atoms with Crippen molar-refractivity contribution < 1.29 is 4.52 Å². The summed E-state index contributed by atoms with van der Waals surface area (Å²) in [7, 11) is 0. The van der Waals surface area contributed by atoms with E-state index in [2.05, 4.69) is 62.9 Å². The highest BCUT2D eigenvalue weighted by atomic mass is 79.9. The first kappa shape index (κ1) is 19.6. The van der Waals surface area contributed by atoms with Crippen molar-refractivity contribution >= 4 is 43.5 Å². The van der Waals surface area contributed by atoms with Gasteiger partial charge in [0.05, 0.1) is 16.8 Å². The fraction of sp³-hybridized carbons (Fsp3) is 0.368. The molecule has 2 heterocycles. The van der Waals surface area contributed by atoms with Crippen LogP contribution in [-0.2, 0) is 11.9 Å². The molecular formula is C19H20Br2ClN3O. The standard InChI is InChI=1S/C19H20Br2ClN3O/c1-12-15(11-23-25(12)9-8-19(2,3)21)18-14(10-20)17(24-26-18)13-6-4-5-7-16(13)22/h4-7,11H,8-10H2,1-3H3. The summed E-state index contributed by atoms with van der Waals surface area (Å²) in [6.07, 6.45) is 2.82. The molecule has 2 aromatic heterocycles. The topological polar surface area (TPSA) is 43.9 Å². The Morgan fingerprint density at radius 1 is 1.23 bits per heavy atom. The van der Waals surface area contributed by atoms with Crippen LogP contribution in [0.15, 0.2) is 35.0 Å². The number of halogens is 3. The van der Waals surface area contributed by atoms with Crippen molar-refractivity contribution in [1.29, 1.82) is 0 Å². The van der Waals surface area contributed by atoms with Gasteiger partial charge in [0.1, 0.15) is 5.69 Å². The van der Waals surface area contributed by atoms with E-state index in [0.29, 0.717) is 10.4 Å². The van der Waals surface area contributed by atoms with Crippen LogP contribution >= 0.6 is 43.5 Å². The Morgan fingerprint density at radius 3 is 2.62 bits per heavy atom. The molecule has 0 saturated heterocycles. The molecule has 0 amide bonds. The Hall–Kier alpha value is -1.11. The van der Waals surface area contributed by atoms with Gasteiger partial charge in [-0.3, -0.25) is 4.68 Å². The Labute approximate surface area is 175 Å². The van der Waals surface area contributed by atoms with E-state index in [9.17, 15) is 0 Å². The van der Waals surface area contributed by atoms with Crippen LogP contribution in [0, 0.1) is 6.92 Å². The molecule has 0 unspecified atom stereocenters. The molecule has 0 saturated carbocycles. The fourth-order valence-electron chi connectivity index (χ4n) is 2.78. The molecule has 0 aliphatic rings. The molecule has 0 radical (unpaired) electrons. The molecule has 7 heteroatoms. The lowest BCUT2D eigenvalue weighted by molar-refractivity contribution is 0.434. The molecule has 0 spiro atoms. The lowest BCUT2D eigenvalue weighted by atomic mass is 10.0. The maximum Gasteiger partial charge on any atom is 0.174 e. The Kier molecular flexibility index (Phi) is 5.94. The van der Waals surface area contributed by atoms with Crippen molar-refractivity contribution in [3.8, 4) is 22.6 Å². The molecule has 3 aromatic rings. The molecule has 4 nitrogen and oxygen atoms in total. The van der Waals surface area contributed by atoms with Crippen LogP contribution in [0.1, 0.15) is 31.5 Å². The van der Waals surface area contributed by atoms with Crippen LogP contribution in [0.5, 0.6) is 0 Å². The highest BCUT2D eigenvalue weighted by Gasteiger charge is 2.23. The number of aryl methyl sites for hydroxylation is 1. The second-order valence-corrected chi connectivity index (χ2v) is 9.90. The minimum atomic E-state index is 0.0794. The van der Waals surface area contributed by atoms with Crippen molar-refractivity contribution in [2.24, 2.45) is 0 Å². The number of benzene rings is 1. The van der Waals surface area contributed by atoms with Gasteiger partial charge >= 0.3 is 0 Å². The molecule has 26 heavy (non-hydrogen) atoms. The number of alkyl halides is 2. The predicted octanol–water partition coefficient (Wildman–Crippen LogP) is 6.63. The number of aromatic nitrogens is 3. The van der Waals surface area contributed by atoms with Crippen molar-refractivity contribution in [3.05, 3.63) is 46.7 Å². The Morgan fingerprint density at radius 2 is 1.96 bits per heavy atom. The van der Waals surface area contributed by atoms with E-state index in [4.69, 9.17) is 16.1 Å². The zero-order valence-corrected chi connectivity index (χ0v) is 18.8. The molecule has 0 bridgehead atoms. The number of nitrogens with zero attached hydrogens (tertiary/aromatic N) is 3. The summed E-state index contributed by atoms with van der Waals surface area (Å²) in [5.74, 6) is 0.735. The quantitative estimate of drug-likeness (QED) is 0.356. The average molecular weight is 502 g/mol. The van der Waals surface area contributed by atoms with E-state index in [1.54, 1.807) is 0 Å². The molecule has 138 valence electrons. The molecule has 0 aliphatic heterocycles. The summed E-state index contributed by atoms with van der Waals surface area (Å²) in [5, 5.41) is 10.1. The average Bonchev–Trinajstić information content (AvgIpc) is 3.15. The van der Waals surface area contributed by atoms with Crippen molar-refractivity contribution in [2.45, 2.75) is 43.4 Å². The smallest absolute Gasteiger partial charge is 0.174 e. The third-order valence-corrected chi connectivity index (χ3v) is 5.60. The molecule has 3 rings (SSSR count). The molecule has 0 aliphatic carbocycles. The lowest BCUT2D eigenvalue weighted by Crippen LogP contribution is -2.14. The van der Waals surface area contributed by atoms with E-state index in [1.807, 2.05) is 35.1 Å². The third kappa shape index (κ3) is 4.07. The number of rotatable bonds is 6. The first-order valence-electron chi connectivity index (χ1n) is 8.33. The predicted molar refractivity (Wildman–Crippen MR) is 113 cm³/mol. The minimum absolute atomic E-state index is 0.0794. The Bertz CT molecular complexity index is 912. The maximum absolute atomic E-state index is 6.34. The second kappa shape index (κ2) is 7.87. The van der Waals surface area contributed by atoms with Gasteiger partial charge in [-0.15, -0.1) is 0 Å². The fourth-order valence-corrected chi connectivity index (χ4v) is 3.70. The Balaban J connectivity index is 1.99. The van der Waals surface area contributed by atoms with Gasteiger partial charge in [0.2, 0.25) is 0 Å². The van der Waals surface area contributed by atoms with Gasteiger partial charge in [0, 0.05) is 33.0 Å². The van der Waals surface area contributed by atoms with E-state index < -0.39 is 0 Å². The van der Waals surface area contributed by atoms with Crippen LogP contribution in [0.4, 0.5) is 0 Å². The van der Waals surface area contributed by atoms with Crippen molar-refractivity contribution in [3.63, 3.8) is 0 Å². The van der Waals surface area contributed by atoms with E-state index >= 15 is 0 Å². The van der Waals surface area contributed by atoms with Crippen LogP contribution in [-0.4, -0.2) is 19.3 Å². The van der Waals surface area contributed by atoms with Gasteiger partial charge < -0.3 is 4.52 Å². The maximum atomic E-state index is 6.34. The summed E-state index contributed by atoms with van der Waals surface area (Å²) >= 11 is 13.6. The summed E-state index contributed by atoms with van der Waals surface area (Å²) in [4.78, 5) is 0. The largest absolute Gasteiger partial charge is 0.355 e. The lowest BCUT2D eigenvalue weighted by Gasteiger charge is -2.16. The summed E-state index contributed by atoms with van der Waals surface area (Å²) in [6.45, 7) is 7.20. The van der Waals surface area contributed by atoms with E-state index in [-0.39, 0.29) is 4.32 Å². The highest BCUT2D eigenvalue weighted by molar-refractivity contribution is 9.10. The van der Waals surface area contributed by atoms with E-state index in [1.165, 1.54) is 0 Å². The van der Waals surface area contributed by atoms with Crippen LogP contribution in [0.25, 0.3) is 22.6 Å². The summed E-state index contributed by atoms with van der Waals surface area (Å²) in [5.41, 5.74) is 4.62. The number of hydrogen-bond donors (Lipinski definition) is 0. The zero-order chi connectivity index (χ0) is 18.9. The van der Waals surface area contributed by atoms with E-state index in [0.717, 1.165) is 46.8 Å². The van der Waals surface area contributed by atoms with Crippen LogP contribution in [0.2, 0.25) is 5.02 Å². The van der Waals surface area contributed by atoms with Crippen molar-refractivity contribution in [2.75, 3.05) is 0 Å². The normalized spacial score (nSPS) is 11.9. The van der Waals surface area contributed by atoms with Gasteiger partial charge in [-0.05, 0) is 33.3 Å². The monoisotopic (exact) mass is 499 g/mol. The zero-order valence-electron chi connectivity index (χ0n) is 14.9. The first-order chi connectivity index (χ1) is 12.3. The van der Waals surface area contributed by atoms with Gasteiger partial charge in [0.25, 0.3) is 0 Å². The van der Waals surface area contributed by atoms with Gasteiger partial charge in [-0.1, -0.05) is 66.8 Å². The highest BCUT2D eigenvalue weighted by Crippen LogP contribution is 2.37. The second-order valence-electron chi connectivity index (χ2n) is 6.79. The minimum Gasteiger partial charge on any atom is -0.355 e. The third-order valence-electron chi connectivity index (χ3n) is 4.32. The first-order valence-corrected chi connectivity index (χ1v) is 10.6. The van der Waals surface area contributed by atoms with Gasteiger partial charge in [-0.25, -0.2) is 0 Å². The summed E-state index contributed by atoms with van der Waals surface area (Å²) in [6, 6.07) is 7.65. The van der Waals surface area contributed by atoms with Gasteiger partial charge in [-0.2, -0.15) is 5.10 Å². The molecular weight excluding hydrogens is 481 g/mol. The molecule has 1 aromatic carbocycles. The van der Waals surface area contributed by atoms with Gasteiger partial charge in [0.15, 0.2) is 5.76 Å². The number of hydrogen-bond acceptors (Lipinski definition) is 3. The SMILES string of the molecule is Cc1c(-c2onc(-c3ccccc3Cl)c2CBr)cnn1CCC(C)(C)Br. The van der Waals surface area contributed by atoms with Crippen LogP contribution < -0.4 is 0 Å². The van der Waals surface area contributed by atoms with Crippen molar-refractivity contribution in [1.82, 2.24) is 14.9 Å². The molecule has 0 N–H and O–H groups in total. The molecule has 0 fully saturated rings. The molecule has 0 atom stereocenters.